The van der Waals surface area contributed by atoms with E-state index in [4.69, 9.17) is 4.74 Å². The Hall–Kier alpha value is -1.75. The molecule has 2 heterocycles. The number of hydrogen-bond donors (Lipinski definition) is 1. The second-order valence-electron chi connectivity index (χ2n) is 7.14. The van der Waals surface area contributed by atoms with Crippen molar-refractivity contribution in [2.24, 2.45) is 0 Å². The summed E-state index contributed by atoms with van der Waals surface area (Å²) >= 11 is 0. The van der Waals surface area contributed by atoms with Crippen LogP contribution in [0.1, 0.15) is 39.5 Å². The molecule has 1 N–H and O–H groups in total. The van der Waals surface area contributed by atoms with E-state index in [-0.39, 0.29) is 18.2 Å². The third-order valence-electron chi connectivity index (χ3n) is 5.23. The summed E-state index contributed by atoms with van der Waals surface area (Å²) in [5.41, 5.74) is 1.96. The van der Waals surface area contributed by atoms with Crippen molar-refractivity contribution < 1.29 is 9.53 Å². The molecule has 1 aromatic carbocycles. The summed E-state index contributed by atoms with van der Waals surface area (Å²) < 4.78 is 5.82. The van der Waals surface area contributed by atoms with E-state index in [1.54, 1.807) is 0 Å². The van der Waals surface area contributed by atoms with Crippen molar-refractivity contribution in [3.63, 3.8) is 0 Å². The van der Waals surface area contributed by atoms with Crippen molar-refractivity contribution in [2.75, 3.05) is 30.4 Å². The van der Waals surface area contributed by atoms with Gasteiger partial charge in [0.05, 0.1) is 12.1 Å². The highest BCUT2D eigenvalue weighted by Crippen LogP contribution is 2.29. The molecule has 2 aliphatic rings. The Morgan fingerprint density at radius 1 is 1.33 bits per heavy atom. The lowest BCUT2D eigenvalue weighted by molar-refractivity contribution is 0.0543. The van der Waals surface area contributed by atoms with Crippen molar-refractivity contribution in [3.05, 3.63) is 24.3 Å². The molecule has 5 nitrogen and oxygen atoms in total. The lowest BCUT2D eigenvalue weighted by Gasteiger charge is -2.29. The van der Waals surface area contributed by atoms with Crippen LogP contribution < -0.4 is 10.2 Å². The fraction of sp³-hybridized carbons (Fsp3) is 0.632. The molecule has 24 heavy (non-hydrogen) atoms. The first kappa shape index (κ1) is 17.1. The maximum atomic E-state index is 12.7. The molecular formula is C19H29N3O2. The molecule has 0 radical (unpaired) electrons. The minimum atomic E-state index is -0.00245. The third-order valence-corrected chi connectivity index (χ3v) is 5.23. The van der Waals surface area contributed by atoms with Gasteiger partial charge in [-0.15, -0.1) is 0 Å². The van der Waals surface area contributed by atoms with E-state index in [2.05, 4.69) is 37.2 Å². The molecule has 2 fully saturated rings. The molecule has 5 heteroatoms. The average molecular weight is 331 g/mol. The number of benzene rings is 1. The molecule has 0 bridgehead atoms. The molecule has 0 spiro atoms. The van der Waals surface area contributed by atoms with Gasteiger partial charge in [0.15, 0.2) is 0 Å². The molecule has 2 saturated heterocycles. The lowest BCUT2D eigenvalue weighted by Crippen LogP contribution is -2.44. The standard InChI is InChI=1S/C19H29N3O2/c1-14(2)21(3)16-8-4-7-15(13-16)20-19(23)22-11-5-9-17(22)18-10-6-12-24-18/h4,7-8,13-14,17-18H,5-6,9-12H2,1-3H3,(H,20,23)/t17-,18+/m0/s1. The van der Waals surface area contributed by atoms with Crippen LogP contribution in [0.3, 0.4) is 0 Å². The molecular weight excluding hydrogens is 302 g/mol. The first-order valence-electron chi connectivity index (χ1n) is 9.08. The van der Waals surface area contributed by atoms with Crippen LogP contribution in [0.15, 0.2) is 24.3 Å². The monoisotopic (exact) mass is 331 g/mol. The second-order valence-corrected chi connectivity index (χ2v) is 7.14. The van der Waals surface area contributed by atoms with Crippen LogP contribution in [0.4, 0.5) is 16.2 Å². The number of rotatable bonds is 4. The molecule has 3 rings (SSSR count). The third kappa shape index (κ3) is 3.66. The number of ether oxygens (including phenoxy) is 1. The first-order valence-corrected chi connectivity index (χ1v) is 9.08. The van der Waals surface area contributed by atoms with Crippen molar-refractivity contribution in [1.29, 1.82) is 0 Å². The molecule has 0 saturated carbocycles. The van der Waals surface area contributed by atoms with E-state index in [0.29, 0.717) is 6.04 Å². The summed E-state index contributed by atoms with van der Waals surface area (Å²) in [6, 6.07) is 8.69. The van der Waals surface area contributed by atoms with Gasteiger partial charge in [-0.2, -0.15) is 0 Å². The van der Waals surface area contributed by atoms with Gasteiger partial charge >= 0.3 is 6.03 Å². The largest absolute Gasteiger partial charge is 0.376 e. The topological polar surface area (TPSA) is 44.8 Å². The zero-order valence-corrected chi connectivity index (χ0v) is 15.0. The predicted octanol–water partition coefficient (Wildman–Crippen LogP) is 3.71. The second kappa shape index (κ2) is 7.43. The van der Waals surface area contributed by atoms with Gasteiger partial charge in [0.1, 0.15) is 0 Å². The van der Waals surface area contributed by atoms with E-state index in [1.165, 1.54) is 0 Å². The highest BCUT2D eigenvalue weighted by Gasteiger charge is 2.36. The van der Waals surface area contributed by atoms with Gasteiger partial charge in [0.2, 0.25) is 0 Å². The zero-order chi connectivity index (χ0) is 17.1. The number of urea groups is 1. The minimum absolute atomic E-state index is 0.00245. The molecule has 0 aliphatic carbocycles. The number of nitrogens with zero attached hydrogens (tertiary/aromatic N) is 2. The van der Waals surface area contributed by atoms with Gasteiger partial charge in [-0.3, -0.25) is 0 Å². The van der Waals surface area contributed by atoms with Crippen LogP contribution in [0.2, 0.25) is 0 Å². The summed E-state index contributed by atoms with van der Waals surface area (Å²) in [5, 5.41) is 3.08. The van der Waals surface area contributed by atoms with Crippen molar-refractivity contribution in [3.8, 4) is 0 Å². The smallest absolute Gasteiger partial charge is 0.322 e. The predicted molar refractivity (Wildman–Crippen MR) is 97.7 cm³/mol. The van der Waals surface area contributed by atoms with Crippen LogP contribution in [-0.2, 0) is 4.74 Å². The van der Waals surface area contributed by atoms with Crippen LogP contribution in [-0.4, -0.2) is 49.3 Å². The molecule has 2 atom stereocenters. The minimum Gasteiger partial charge on any atom is -0.376 e. The van der Waals surface area contributed by atoms with Crippen molar-refractivity contribution in [2.45, 2.75) is 57.7 Å². The quantitative estimate of drug-likeness (QED) is 0.915. The summed E-state index contributed by atoms with van der Waals surface area (Å²) in [6.07, 6.45) is 4.52. The SMILES string of the molecule is CC(C)N(C)c1cccc(NC(=O)N2CCC[C@H]2[C@H]2CCCO2)c1. The van der Waals surface area contributed by atoms with Crippen LogP contribution >= 0.6 is 0 Å². The van der Waals surface area contributed by atoms with E-state index >= 15 is 0 Å². The Bertz CT molecular complexity index is 569. The number of likely N-dealkylation sites (tertiary alicyclic amines) is 1. The molecule has 2 aliphatic heterocycles. The Balaban J connectivity index is 1.67. The van der Waals surface area contributed by atoms with Gasteiger partial charge in [-0.25, -0.2) is 4.79 Å². The van der Waals surface area contributed by atoms with Gasteiger partial charge in [0.25, 0.3) is 0 Å². The Morgan fingerprint density at radius 2 is 2.17 bits per heavy atom. The van der Waals surface area contributed by atoms with Crippen molar-refractivity contribution in [1.82, 2.24) is 4.90 Å². The Kier molecular flexibility index (Phi) is 5.29. The maximum Gasteiger partial charge on any atom is 0.322 e. The fourth-order valence-corrected chi connectivity index (χ4v) is 3.63. The van der Waals surface area contributed by atoms with Crippen LogP contribution in [0, 0.1) is 0 Å². The first-order chi connectivity index (χ1) is 11.6. The van der Waals surface area contributed by atoms with Gasteiger partial charge in [-0.1, -0.05) is 6.07 Å². The Morgan fingerprint density at radius 3 is 2.88 bits per heavy atom. The maximum absolute atomic E-state index is 12.7. The zero-order valence-electron chi connectivity index (χ0n) is 15.0. The summed E-state index contributed by atoms with van der Waals surface area (Å²) in [4.78, 5) is 16.9. The van der Waals surface area contributed by atoms with E-state index in [9.17, 15) is 4.79 Å². The highest BCUT2D eigenvalue weighted by molar-refractivity contribution is 5.90. The average Bonchev–Trinajstić information content (AvgIpc) is 3.24. The number of carbonyl (C=O) groups excluding carboxylic acids is 1. The molecule has 0 aromatic heterocycles. The lowest BCUT2D eigenvalue weighted by atomic mass is 10.1. The number of hydrogen-bond acceptors (Lipinski definition) is 3. The Labute approximate surface area is 145 Å². The van der Waals surface area contributed by atoms with Crippen LogP contribution in [0.5, 0.6) is 0 Å². The highest BCUT2D eigenvalue weighted by atomic mass is 16.5. The number of nitrogens with one attached hydrogen (secondary N) is 1. The molecule has 1 aromatic rings. The fourth-order valence-electron chi connectivity index (χ4n) is 3.63. The van der Waals surface area contributed by atoms with Gasteiger partial charge < -0.3 is 19.9 Å². The van der Waals surface area contributed by atoms with Crippen molar-refractivity contribution >= 4 is 17.4 Å². The normalized spacial score (nSPS) is 23.8. The van der Waals surface area contributed by atoms with Gasteiger partial charge in [0, 0.05) is 37.6 Å². The summed E-state index contributed by atoms with van der Waals surface area (Å²) in [6.45, 7) is 5.96. The summed E-state index contributed by atoms with van der Waals surface area (Å²) in [5.74, 6) is 0. The molecule has 132 valence electrons. The van der Waals surface area contributed by atoms with E-state index in [0.717, 1.165) is 50.2 Å². The van der Waals surface area contributed by atoms with E-state index in [1.807, 2.05) is 23.1 Å². The van der Waals surface area contributed by atoms with E-state index < -0.39 is 0 Å². The number of anilines is 2. The number of carbonyl (C=O) groups is 1. The van der Waals surface area contributed by atoms with Crippen LogP contribution in [0.25, 0.3) is 0 Å². The summed E-state index contributed by atoms with van der Waals surface area (Å²) in [7, 11) is 2.07. The molecule has 0 unspecified atom stereocenters. The number of amides is 2. The molecule has 2 amide bonds. The van der Waals surface area contributed by atoms with Gasteiger partial charge in [-0.05, 0) is 57.7 Å².